The molecule has 0 radical (unpaired) electrons. The van der Waals surface area contributed by atoms with Gasteiger partial charge in [-0.3, -0.25) is 24.5 Å². The normalized spacial score (nSPS) is 18.1. The summed E-state index contributed by atoms with van der Waals surface area (Å²) in [7, 11) is 0. The molecule has 1 aromatic carbocycles. The van der Waals surface area contributed by atoms with Crippen molar-refractivity contribution in [3.8, 4) is 0 Å². The van der Waals surface area contributed by atoms with Gasteiger partial charge in [0.25, 0.3) is 17.5 Å². The van der Waals surface area contributed by atoms with Crippen LogP contribution in [-0.2, 0) is 35.4 Å². The Morgan fingerprint density at radius 1 is 1.32 bits per heavy atom. The van der Waals surface area contributed by atoms with Crippen molar-refractivity contribution in [2.75, 3.05) is 17.7 Å². The molecule has 1 unspecified atom stereocenters. The van der Waals surface area contributed by atoms with Crippen LogP contribution in [0.25, 0.3) is 0 Å². The van der Waals surface area contributed by atoms with Crippen LogP contribution in [0.1, 0.15) is 31.0 Å². The standard InChI is InChI=1S/C24H24N6O8S2/c1-2-3-8-38-28-18(17-12-40-24(26-17)25-13-31)20(32)27-19-21(33)29-9-15(11-39-22(19)29)23(34)37-10-14-4-6-16(7-5-14)30(35)36/h4-7,9,12-13,19,22H,2-3,8,10-11H2,1H3,(H,27,32)(H,25,26,31)/t19?,22-/m1/s1. The Morgan fingerprint density at radius 2 is 2.10 bits per heavy atom. The second kappa shape index (κ2) is 13.2. The summed E-state index contributed by atoms with van der Waals surface area (Å²) in [6.45, 7) is 2.18. The van der Waals surface area contributed by atoms with Gasteiger partial charge in [0.1, 0.15) is 30.3 Å². The molecular formula is C24H24N6O8S2. The molecule has 0 aliphatic carbocycles. The molecule has 210 valence electrons. The monoisotopic (exact) mass is 588 g/mol. The van der Waals surface area contributed by atoms with Gasteiger partial charge >= 0.3 is 5.97 Å². The number of nitrogens with one attached hydrogen (secondary N) is 2. The number of nitrogens with zero attached hydrogens (tertiary/aromatic N) is 4. The molecule has 0 spiro atoms. The third-order valence-electron chi connectivity index (χ3n) is 5.74. The number of benzene rings is 1. The number of fused-ring (bicyclic) bond motifs is 1. The van der Waals surface area contributed by atoms with Crippen LogP contribution in [0.3, 0.4) is 0 Å². The number of β-lactam (4-membered cyclic amide) rings is 1. The second-order valence-electron chi connectivity index (χ2n) is 8.48. The van der Waals surface area contributed by atoms with Gasteiger partial charge in [-0.2, -0.15) is 0 Å². The number of nitro groups is 1. The van der Waals surface area contributed by atoms with E-state index in [4.69, 9.17) is 9.57 Å². The lowest BCUT2D eigenvalue weighted by molar-refractivity contribution is -0.384. The third kappa shape index (κ3) is 6.63. The highest BCUT2D eigenvalue weighted by molar-refractivity contribution is 8.00. The summed E-state index contributed by atoms with van der Waals surface area (Å²) in [5.41, 5.74) is 0.823. The average Bonchev–Trinajstić information content (AvgIpc) is 3.42. The van der Waals surface area contributed by atoms with Crippen molar-refractivity contribution in [1.82, 2.24) is 15.2 Å². The van der Waals surface area contributed by atoms with E-state index >= 15 is 0 Å². The van der Waals surface area contributed by atoms with Crippen molar-refractivity contribution in [2.45, 2.75) is 37.8 Å². The van der Waals surface area contributed by atoms with Crippen LogP contribution in [0.4, 0.5) is 10.8 Å². The van der Waals surface area contributed by atoms with E-state index in [1.165, 1.54) is 52.5 Å². The van der Waals surface area contributed by atoms with Gasteiger partial charge in [-0.05, 0) is 24.1 Å². The highest BCUT2D eigenvalue weighted by atomic mass is 32.2. The largest absolute Gasteiger partial charge is 0.457 e. The molecule has 3 amide bonds. The van der Waals surface area contributed by atoms with Crippen molar-refractivity contribution in [2.24, 2.45) is 5.16 Å². The number of aromatic nitrogens is 1. The molecule has 4 rings (SSSR count). The number of unbranched alkanes of at least 4 members (excludes halogenated alkanes) is 1. The van der Waals surface area contributed by atoms with Crippen LogP contribution < -0.4 is 10.6 Å². The van der Waals surface area contributed by atoms with Crippen LogP contribution in [0.5, 0.6) is 0 Å². The molecule has 14 nitrogen and oxygen atoms in total. The molecule has 2 aliphatic rings. The van der Waals surface area contributed by atoms with Crippen LogP contribution in [0, 0.1) is 10.1 Å². The minimum atomic E-state index is -0.863. The molecule has 40 heavy (non-hydrogen) atoms. The lowest BCUT2D eigenvalue weighted by Crippen LogP contribution is -2.69. The van der Waals surface area contributed by atoms with E-state index < -0.39 is 34.1 Å². The number of anilines is 1. The van der Waals surface area contributed by atoms with Crippen molar-refractivity contribution < 1.29 is 33.7 Å². The van der Waals surface area contributed by atoms with Gasteiger partial charge in [0.2, 0.25) is 6.41 Å². The first-order valence-corrected chi connectivity index (χ1v) is 14.0. The number of carbonyl (C=O) groups is 4. The van der Waals surface area contributed by atoms with E-state index in [-0.39, 0.29) is 40.2 Å². The smallest absolute Gasteiger partial charge is 0.336 e. The minimum Gasteiger partial charge on any atom is -0.457 e. The van der Waals surface area contributed by atoms with Crippen LogP contribution in [0.15, 0.2) is 46.6 Å². The Balaban J connectivity index is 1.36. The Kier molecular flexibility index (Phi) is 9.44. The summed E-state index contributed by atoms with van der Waals surface area (Å²) in [5.74, 6) is -1.46. The molecule has 2 N–H and O–H groups in total. The molecule has 16 heteroatoms. The number of rotatable bonds is 13. The predicted octanol–water partition coefficient (Wildman–Crippen LogP) is 2.17. The van der Waals surface area contributed by atoms with Crippen molar-refractivity contribution >= 4 is 63.8 Å². The van der Waals surface area contributed by atoms with Crippen molar-refractivity contribution in [3.63, 3.8) is 0 Å². The molecule has 1 fully saturated rings. The first kappa shape index (κ1) is 28.7. The fraction of sp³-hybridized carbons (Fsp3) is 0.333. The van der Waals surface area contributed by atoms with E-state index in [1.807, 2.05) is 6.92 Å². The van der Waals surface area contributed by atoms with E-state index in [2.05, 4.69) is 20.8 Å². The van der Waals surface area contributed by atoms with Gasteiger partial charge in [0, 0.05) is 29.5 Å². The minimum absolute atomic E-state index is 0.0703. The van der Waals surface area contributed by atoms with E-state index in [1.54, 1.807) is 0 Å². The maximum atomic E-state index is 13.1. The van der Waals surface area contributed by atoms with E-state index in [0.29, 0.717) is 18.6 Å². The van der Waals surface area contributed by atoms with Crippen molar-refractivity contribution in [1.29, 1.82) is 0 Å². The van der Waals surface area contributed by atoms with Gasteiger partial charge < -0.3 is 25.1 Å². The first-order valence-electron chi connectivity index (χ1n) is 12.0. The maximum absolute atomic E-state index is 13.1. The second-order valence-corrected chi connectivity index (χ2v) is 10.4. The SMILES string of the molecule is CCCCON=C(C(=O)NC1C(=O)N2C=C(C(=O)OCc3ccc([N+](=O)[O-])cc3)CS[C@H]12)c1csc(NC=O)n1. The Bertz CT molecular complexity index is 1360. The van der Waals surface area contributed by atoms with Gasteiger partial charge in [-0.25, -0.2) is 9.78 Å². The zero-order valence-electron chi connectivity index (χ0n) is 21.1. The van der Waals surface area contributed by atoms with Crippen LogP contribution in [0.2, 0.25) is 0 Å². The summed E-state index contributed by atoms with van der Waals surface area (Å²) >= 11 is 2.39. The topological polar surface area (TPSA) is 182 Å². The molecule has 2 atom stereocenters. The lowest BCUT2D eigenvalue weighted by atomic mass is 10.1. The van der Waals surface area contributed by atoms with Crippen molar-refractivity contribution in [3.05, 3.63) is 62.8 Å². The Morgan fingerprint density at radius 3 is 2.80 bits per heavy atom. The first-order chi connectivity index (χ1) is 19.3. The number of amides is 3. The highest BCUT2D eigenvalue weighted by Crippen LogP contribution is 2.36. The van der Waals surface area contributed by atoms with Crippen LogP contribution in [-0.4, -0.2) is 68.5 Å². The molecule has 0 bridgehead atoms. The van der Waals surface area contributed by atoms with Gasteiger partial charge in [-0.15, -0.1) is 23.1 Å². The summed E-state index contributed by atoms with van der Waals surface area (Å²) in [4.78, 5) is 70.2. The van der Waals surface area contributed by atoms with Gasteiger partial charge in [0.15, 0.2) is 10.8 Å². The quantitative estimate of drug-likeness (QED) is 0.0669. The number of nitro benzene ring substituents is 1. The predicted molar refractivity (Wildman–Crippen MR) is 145 cm³/mol. The molecule has 1 aromatic heterocycles. The number of hydrogen-bond donors (Lipinski definition) is 2. The highest BCUT2D eigenvalue weighted by Gasteiger charge is 2.50. The van der Waals surface area contributed by atoms with Crippen LogP contribution >= 0.6 is 23.1 Å². The molecule has 3 heterocycles. The number of ether oxygens (including phenoxy) is 1. The average molecular weight is 589 g/mol. The molecule has 1 saturated heterocycles. The number of thiazole rings is 1. The van der Waals surface area contributed by atoms with Gasteiger partial charge in [0.05, 0.1) is 10.5 Å². The number of esters is 1. The zero-order valence-corrected chi connectivity index (χ0v) is 22.7. The number of non-ortho nitro benzene ring substituents is 1. The van der Waals surface area contributed by atoms with E-state index in [9.17, 15) is 29.3 Å². The third-order valence-corrected chi connectivity index (χ3v) is 7.83. The van der Waals surface area contributed by atoms with Gasteiger partial charge in [-0.1, -0.05) is 18.5 Å². The Labute approximate surface area is 235 Å². The zero-order chi connectivity index (χ0) is 28.6. The number of oxime groups is 1. The lowest BCUT2D eigenvalue weighted by Gasteiger charge is -2.47. The summed E-state index contributed by atoms with van der Waals surface area (Å²) < 4.78 is 5.30. The fourth-order valence-electron chi connectivity index (χ4n) is 3.61. The number of hydrogen-bond acceptors (Lipinski definition) is 12. The van der Waals surface area contributed by atoms with E-state index in [0.717, 1.165) is 24.2 Å². The molecular weight excluding hydrogens is 564 g/mol. The molecule has 2 aromatic rings. The summed E-state index contributed by atoms with van der Waals surface area (Å²) in [6.07, 6.45) is 3.47. The summed E-state index contributed by atoms with van der Waals surface area (Å²) in [6, 6.07) is 4.77. The molecule has 2 aliphatic heterocycles. The molecule has 0 saturated carbocycles. The maximum Gasteiger partial charge on any atom is 0.336 e. The number of carbonyl (C=O) groups excluding carboxylic acids is 4. The number of thioether (sulfide) groups is 1. The Hall–Kier alpha value is -4.31. The fourth-order valence-corrected chi connectivity index (χ4v) is 5.51. The summed E-state index contributed by atoms with van der Waals surface area (Å²) in [5, 5.41) is 21.2.